The van der Waals surface area contributed by atoms with Crippen molar-refractivity contribution in [2.24, 2.45) is 0 Å². The number of nitrogens with one attached hydrogen (secondary N) is 1. The van der Waals surface area contributed by atoms with Gasteiger partial charge in [-0.3, -0.25) is 0 Å². The molecule has 1 N–H and O–H groups in total. The molecule has 20 heavy (non-hydrogen) atoms. The van der Waals surface area contributed by atoms with Gasteiger partial charge in [0.25, 0.3) is 5.19 Å². The standard InChI is InChI=1S/C14H17N3O2S/c1-14(2)7-9-5-4-6-10(12(9)19-14)18-13-17-16-11(20-13)8-15-3/h4-6,15H,7-8H2,1-3H3. The zero-order valence-electron chi connectivity index (χ0n) is 11.8. The van der Waals surface area contributed by atoms with Crippen molar-refractivity contribution in [1.29, 1.82) is 0 Å². The third kappa shape index (κ3) is 2.62. The Bertz CT molecular complexity index is 625. The van der Waals surface area contributed by atoms with E-state index in [-0.39, 0.29) is 5.60 Å². The van der Waals surface area contributed by atoms with E-state index in [9.17, 15) is 0 Å². The first-order valence-corrected chi connectivity index (χ1v) is 7.35. The van der Waals surface area contributed by atoms with Crippen LogP contribution in [0.15, 0.2) is 18.2 Å². The largest absolute Gasteiger partial charge is 0.483 e. The summed E-state index contributed by atoms with van der Waals surface area (Å²) in [5, 5.41) is 12.6. The minimum absolute atomic E-state index is 0.180. The maximum atomic E-state index is 5.97. The summed E-state index contributed by atoms with van der Waals surface area (Å²) in [5.74, 6) is 1.53. The Labute approximate surface area is 121 Å². The SMILES string of the molecule is CNCc1nnc(Oc2cccc3c2OC(C)(C)C3)s1. The Morgan fingerprint density at radius 3 is 3.05 bits per heavy atom. The molecule has 0 amide bonds. The van der Waals surface area contributed by atoms with Gasteiger partial charge in [-0.25, -0.2) is 0 Å². The van der Waals surface area contributed by atoms with Crippen molar-refractivity contribution < 1.29 is 9.47 Å². The number of benzene rings is 1. The van der Waals surface area contributed by atoms with E-state index in [1.54, 1.807) is 0 Å². The molecule has 106 valence electrons. The first-order valence-electron chi connectivity index (χ1n) is 6.53. The van der Waals surface area contributed by atoms with E-state index < -0.39 is 0 Å². The summed E-state index contributed by atoms with van der Waals surface area (Å²) in [4.78, 5) is 0. The average molecular weight is 291 g/mol. The molecule has 1 aromatic carbocycles. The summed E-state index contributed by atoms with van der Waals surface area (Å²) >= 11 is 1.44. The van der Waals surface area contributed by atoms with E-state index in [2.05, 4.69) is 35.4 Å². The van der Waals surface area contributed by atoms with E-state index in [0.29, 0.717) is 17.5 Å². The van der Waals surface area contributed by atoms with E-state index in [1.807, 2.05) is 19.2 Å². The topological polar surface area (TPSA) is 56.3 Å². The van der Waals surface area contributed by atoms with Crippen molar-refractivity contribution in [2.45, 2.75) is 32.4 Å². The van der Waals surface area contributed by atoms with E-state index >= 15 is 0 Å². The van der Waals surface area contributed by atoms with E-state index in [1.165, 1.54) is 16.9 Å². The highest BCUT2D eigenvalue weighted by molar-refractivity contribution is 7.13. The Balaban J connectivity index is 1.83. The van der Waals surface area contributed by atoms with Crippen LogP contribution < -0.4 is 14.8 Å². The smallest absolute Gasteiger partial charge is 0.299 e. The molecule has 0 saturated carbocycles. The molecule has 0 atom stereocenters. The lowest BCUT2D eigenvalue weighted by Gasteiger charge is -2.17. The first kappa shape index (κ1) is 13.3. The number of nitrogens with zero attached hydrogens (tertiary/aromatic N) is 2. The summed E-state index contributed by atoms with van der Waals surface area (Å²) in [5.41, 5.74) is 0.993. The predicted molar refractivity (Wildman–Crippen MR) is 77.6 cm³/mol. The molecule has 1 aliphatic heterocycles. The van der Waals surface area contributed by atoms with Crippen LogP contribution in [0.2, 0.25) is 0 Å². The third-order valence-electron chi connectivity index (χ3n) is 3.03. The Morgan fingerprint density at radius 2 is 2.25 bits per heavy atom. The van der Waals surface area contributed by atoms with Crippen molar-refractivity contribution in [2.75, 3.05) is 7.05 Å². The monoisotopic (exact) mass is 291 g/mol. The second-order valence-corrected chi connectivity index (χ2v) is 6.40. The molecule has 1 aromatic heterocycles. The van der Waals surface area contributed by atoms with Crippen molar-refractivity contribution in [3.8, 4) is 16.7 Å². The second kappa shape index (κ2) is 5.03. The second-order valence-electron chi connectivity index (χ2n) is 5.38. The van der Waals surface area contributed by atoms with Gasteiger partial charge in [0.1, 0.15) is 10.6 Å². The average Bonchev–Trinajstić information content (AvgIpc) is 2.93. The normalized spacial score (nSPS) is 15.8. The van der Waals surface area contributed by atoms with Gasteiger partial charge in [0.05, 0.1) is 0 Å². The fraction of sp³-hybridized carbons (Fsp3) is 0.429. The quantitative estimate of drug-likeness (QED) is 0.938. The number of hydrogen-bond acceptors (Lipinski definition) is 6. The summed E-state index contributed by atoms with van der Waals surface area (Å²) < 4.78 is 11.8. The Morgan fingerprint density at radius 1 is 1.40 bits per heavy atom. The van der Waals surface area contributed by atoms with Crippen molar-refractivity contribution in [3.05, 3.63) is 28.8 Å². The molecule has 0 radical (unpaired) electrons. The Hall–Kier alpha value is -1.66. The van der Waals surface area contributed by atoms with Crippen LogP contribution in [0.5, 0.6) is 16.7 Å². The van der Waals surface area contributed by atoms with Crippen LogP contribution in [0.3, 0.4) is 0 Å². The number of ether oxygens (including phenoxy) is 2. The van der Waals surface area contributed by atoms with Gasteiger partial charge in [0, 0.05) is 18.5 Å². The van der Waals surface area contributed by atoms with Crippen LogP contribution in [0.4, 0.5) is 0 Å². The van der Waals surface area contributed by atoms with Gasteiger partial charge in [-0.05, 0) is 27.0 Å². The summed E-state index contributed by atoms with van der Waals surface area (Å²) in [6, 6.07) is 5.96. The van der Waals surface area contributed by atoms with Crippen molar-refractivity contribution in [1.82, 2.24) is 15.5 Å². The van der Waals surface area contributed by atoms with Gasteiger partial charge in [-0.15, -0.1) is 5.10 Å². The van der Waals surface area contributed by atoms with Gasteiger partial charge in [0.15, 0.2) is 11.5 Å². The molecule has 3 rings (SSSR count). The highest BCUT2D eigenvalue weighted by Crippen LogP contribution is 2.43. The third-order valence-corrected chi connectivity index (χ3v) is 3.83. The molecular weight excluding hydrogens is 274 g/mol. The predicted octanol–water partition coefficient (Wildman–Crippen LogP) is 2.76. The molecule has 1 aliphatic rings. The molecule has 0 aliphatic carbocycles. The first-order chi connectivity index (χ1) is 9.57. The minimum atomic E-state index is -0.180. The fourth-order valence-electron chi connectivity index (χ4n) is 2.26. The minimum Gasteiger partial charge on any atom is -0.483 e. The lowest BCUT2D eigenvalue weighted by atomic mass is 10.0. The maximum absolute atomic E-state index is 5.97. The molecular formula is C14H17N3O2S. The molecule has 0 spiro atoms. The summed E-state index contributed by atoms with van der Waals surface area (Å²) in [6.45, 7) is 4.84. The lowest BCUT2D eigenvalue weighted by Crippen LogP contribution is -2.24. The van der Waals surface area contributed by atoms with Gasteiger partial charge >= 0.3 is 0 Å². The highest BCUT2D eigenvalue weighted by atomic mass is 32.1. The number of rotatable bonds is 4. The van der Waals surface area contributed by atoms with E-state index in [4.69, 9.17) is 9.47 Å². The van der Waals surface area contributed by atoms with Crippen LogP contribution in [0, 0.1) is 0 Å². The molecule has 2 heterocycles. The van der Waals surface area contributed by atoms with Gasteiger partial charge in [-0.2, -0.15) is 0 Å². The number of fused-ring (bicyclic) bond motifs is 1. The molecule has 6 heteroatoms. The molecule has 2 aromatic rings. The number of hydrogen-bond donors (Lipinski definition) is 1. The van der Waals surface area contributed by atoms with E-state index in [0.717, 1.165) is 17.2 Å². The number of para-hydroxylation sites is 1. The van der Waals surface area contributed by atoms with Gasteiger partial charge < -0.3 is 14.8 Å². The summed E-state index contributed by atoms with van der Waals surface area (Å²) in [6.07, 6.45) is 0.890. The molecule has 0 fully saturated rings. The van der Waals surface area contributed by atoms with Crippen molar-refractivity contribution >= 4 is 11.3 Å². The van der Waals surface area contributed by atoms with Crippen LogP contribution in [0.25, 0.3) is 0 Å². The summed E-state index contributed by atoms with van der Waals surface area (Å²) in [7, 11) is 1.88. The zero-order valence-corrected chi connectivity index (χ0v) is 12.6. The van der Waals surface area contributed by atoms with Crippen LogP contribution in [0.1, 0.15) is 24.4 Å². The number of aromatic nitrogens is 2. The molecule has 5 nitrogen and oxygen atoms in total. The Kier molecular flexibility index (Phi) is 3.35. The van der Waals surface area contributed by atoms with Crippen LogP contribution in [-0.2, 0) is 13.0 Å². The molecule has 0 saturated heterocycles. The molecule has 0 bridgehead atoms. The highest BCUT2D eigenvalue weighted by Gasteiger charge is 2.32. The maximum Gasteiger partial charge on any atom is 0.299 e. The van der Waals surface area contributed by atoms with Crippen LogP contribution >= 0.6 is 11.3 Å². The van der Waals surface area contributed by atoms with Gasteiger partial charge in [0.2, 0.25) is 0 Å². The lowest BCUT2D eigenvalue weighted by molar-refractivity contribution is 0.135. The van der Waals surface area contributed by atoms with Crippen LogP contribution in [-0.4, -0.2) is 22.8 Å². The van der Waals surface area contributed by atoms with Gasteiger partial charge in [-0.1, -0.05) is 28.6 Å². The molecule has 0 unspecified atom stereocenters. The van der Waals surface area contributed by atoms with Crippen molar-refractivity contribution in [3.63, 3.8) is 0 Å². The zero-order chi connectivity index (χ0) is 14.2. The fourth-order valence-corrected chi connectivity index (χ4v) is 2.98.